The molecule has 1 amide bonds. The van der Waals surface area contributed by atoms with Crippen molar-refractivity contribution in [1.29, 1.82) is 0 Å². The molecule has 1 heterocycles. The number of hydrogen-bond donors (Lipinski definition) is 2. The lowest BCUT2D eigenvalue weighted by molar-refractivity contribution is -0.116. The highest BCUT2D eigenvalue weighted by Crippen LogP contribution is 2.26. The highest BCUT2D eigenvalue weighted by molar-refractivity contribution is 7.14. The van der Waals surface area contributed by atoms with E-state index in [-0.39, 0.29) is 12.7 Å². The number of benzene rings is 1. The first-order valence-corrected chi connectivity index (χ1v) is 7.28. The van der Waals surface area contributed by atoms with E-state index in [1.54, 1.807) is 7.11 Å². The largest absolute Gasteiger partial charge is 0.468 e. The Morgan fingerprint density at radius 1 is 1.38 bits per heavy atom. The van der Waals surface area contributed by atoms with Crippen molar-refractivity contribution in [2.75, 3.05) is 25.8 Å². The number of rotatable bonds is 7. The Balaban J connectivity index is 2.01. The molecule has 112 valence electrons. The van der Waals surface area contributed by atoms with E-state index < -0.39 is 0 Å². The van der Waals surface area contributed by atoms with Crippen molar-refractivity contribution in [3.63, 3.8) is 0 Å². The minimum absolute atomic E-state index is 0.123. The first-order chi connectivity index (χ1) is 10.2. The van der Waals surface area contributed by atoms with Crippen LogP contribution in [0.3, 0.4) is 0 Å². The van der Waals surface area contributed by atoms with Gasteiger partial charge < -0.3 is 20.5 Å². The number of hydrogen-bond acceptors (Lipinski definition) is 6. The van der Waals surface area contributed by atoms with Crippen LogP contribution < -0.4 is 15.8 Å². The number of thiazole rings is 1. The molecular formula is C14H17N3O3S. The summed E-state index contributed by atoms with van der Waals surface area (Å²) in [6.07, 6.45) is 0.292. The van der Waals surface area contributed by atoms with Gasteiger partial charge in [0.1, 0.15) is 5.75 Å². The number of nitrogens with two attached hydrogens (primary N) is 1. The van der Waals surface area contributed by atoms with E-state index >= 15 is 0 Å². The molecule has 0 aliphatic heterocycles. The van der Waals surface area contributed by atoms with E-state index in [9.17, 15) is 4.79 Å². The van der Waals surface area contributed by atoms with Crippen molar-refractivity contribution in [2.45, 2.75) is 6.42 Å². The summed E-state index contributed by atoms with van der Waals surface area (Å²) in [5.41, 5.74) is 7.09. The van der Waals surface area contributed by atoms with Crippen molar-refractivity contribution in [3.05, 3.63) is 29.6 Å². The fourth-order valence-corrected chi connectivity index (χ4v) is 2.36. The van der Waals surface area contributed by atoms with Gasteiger partial charge in [0.05, 0.1) is 5.69 Å². The molecule has 2 aromatic rings. The third kappa shape index (κ3) is 4.52. The van der Waals surface area contributed by atoms with Crippen LogP contribution in [0.15, 0.2) is 29.6 Å². The van der Waals surface area contributed by atoms with Gasteiger partial charge in [0.15, 0.2) is 11.9 Å². The second-order valence-corrected chi connectivity index (χ2v) is 5.06. The lowest BCUT2D eigenvalue weighted by Crippen LogP contribution is -2.15. The maximum Gasteiger partial charge on any atom is 0.227 e. The highest BCUT2D eigenvalue weighted by Gasteiger charge is 2.07. The van der Waals surface area contributed by atoms with Crippen LogP contribution in [0.2, 0.25) is 0 Å². The van der Waals surface area contributed by atoms with Crippen LogP contribution in [0.5, 0.6) is 5.75 Å². The van der Waals surface area contributed by atoms with E-state index in [1.807, 2.05) is 29.6 Å². The number of amides is 1. The quantitative estimate of drug-likeness (QED) is 0.765. The summed E-state index contributed by atoms with van der Waals surface area (Å²) < 4.78 is 10.2. The molecule has 0 unspecified atom stereocenters. The first-order valence-electron chi connectivity index (χ1n) is 6.40. The number of aromatic nitrogens is 1. The molecule has 0 atom stereocenters. The summed E-state index contributed by atoms with van der Waals surface area (Å²) in [5, 5.41) is 5.18. The number of carbonyl (C=O) groups is 1. The van der Waals surface area contributed by atoms with E-state index in [1.165, 1.54) is 11.3 Å². The minimum atomic E-state index is -0.123. The van der Waals surface area contributed by atoms with Crippen LogP contribution >= 0.6 is 11.3 Å². The van der Waals surface area contributed by atoms with Gasteiger partial charge in [0, 0.05) is 31.0 Å². The zero-order valence-corrected chi connectivity index (χ0v) is 12.5. The zero-order chi connectivity index (χ0) is 15.1. The second kappa shape index (κ2) is 7.72. The number of nitrogens with one attached hydrogen (secondary N) is 1. The molecule has 0 aliphatic rings. The number of ether oxygens (including phenoxy) is 2. The van der Waals surface area contributed by atoms with Crippen molar-refractivity contribution in [1.82, 2.24) is 4.98 Å². The maximum absolute atomic E-state index is 11.5. The van der Waals surface area contributed by atoms with Crippen LogP contribution in [0, 0.1) is 0 Å². The summed E-state index contributed by atoms with van der Waals surface area (Å²) in [7, 11) is 1.57. The lowest BCUT2D eigenvalue weighted by atomic mass is 10.2. The average Bonchev–Trinajstić information content (AvgIpc) is 2.94. The van der Waals surface area contributed by atoms with Gasteiger partial charge in [-0.25, -0.2) is 4.98 Å². The molecule has 2 rings (SSSR count). The smallest absolute Gasteiger partial charge is 0.227 e. The molecule has 6 nitrogen and oxygen atoms in total. The molecule has 3 N–H and O–H groups in total. The monoisotopic (exact) mass is 307 g/mol. The van der Waals surface area contributed by atoms with Crippen LogP contribution in [0.25, 0.3) is 11.3 Å². The van der Waals surface area contributed by atoms with Crippen LogP contribution in [0.1, 0.15) is 6.42 Å². The standard InChI is InChI=1S/C14H17N3O3S/c1-19-9-20-11-4-2-10(3-5-11)12-8-21-14(16-12)17-13(18)6-7-15/h2-5,8H,6-7,9,15H2,1H3,(H,16,17,18). The molecule has 0 spiro atoms. The minimum Gasteiger partial charge on any atom is -0.468 e. The van der Waals surface area contributed by atoms with Gasteiger partial charge in [0.2, 0.25) is 5.91 Å². The Morgan fingerprint density at radius 2 is 2.14 bits per heavy atom. The van der Waals surface area contributed by atoms with Gasteiger partial charge in [-0.05, 0) is 24.3 Å². The lowest BCUT2D eigenvalue weighted by Gasteiger charge is -2.04. The van der Waals surface area contributed by atoms with Gasteiger partial charge in [-0.1, -0.05) is 0 Å². The van der Waals surface area contributed by atoms with Gasteiger partial charge in [-0.2, -0.15) is 0 Å². The zero-order valence-electron chi connectivity index (χ0n) is 11.7. The Bertz CT molecular complexity index is 583. The fraction of sp³-hybridized carbons (Fsp3) is 0.286. The third-order valence-electron chi connectivity index (χ3n) is 2.62. The molecular weight excluding hydrogens is 290 g/mol. The van der Waals surface area contributed by atoms with Crippen molar-refractivity contribution < 1.29 is 14.3 Å². The Morgan fingerprint density at radius 3 is 2.81 bits per heavy atom. The van der Waals surface area contributed by atoms with Crippen molar-refractivity contribution in [3.8, 4) is 17.0 Å². The number of carbonyl (C=O) groups excluding carboxylic acids is 1. The topological polar surface area (TPSA) is 86.5 Å². The number of methoxy groups -OCH3 is 1. The molecule has 1 aromatic carbocycles. The van der Waals surface area contributed by atoms with Crippen LogP contribution in [-0.4, -0.2) is 31.3 Å². The van der Waals surface area contributed by atoms with Gasteiger partial charge in [-0.15, -0.1) is 11.3 Å². The summed E-state index contributed by atoms with van der Waals surface area (Å²) in [5.74, 6) is 0.606. The highest BCUT2D eigenvalue weighted by atomic mass is 32.1. The van der Waals surface area contributed by atoms with Gasteiger partial charge in [0.25, 0.3) is 0 Å². The predicted molar refractivity (Wildman–Crippen MR) is 82.4 cm³/mol. The normalized spacial score (nSPS) is 10.4. The summed E-state index contributed by atoms with van der Waals surface area (Å²) >= 11 is 1.38. The second-order valence-electron chi connectivity index (χ2n) is 4.20. The van der Waals surface area contributed by atoms with Crippen LogP contribution in [-0.2, 0) is 9.53 Å². The molecule has 0 aliphatic carbocycles. The number of anilines is 1. The van der Waals surface area contributed by atoms with Gasteiger partial charge in [-0.3, -0.25) is 4.79 Å². The average molecular weight is 307 g/mol. The maximum atomic E-state index is 11.5. The summed E-state index contributed by atoms with van der Waals surface area (Å²) in [4.78, 5) is 15.8. The Hall–Kier alpha value is -1.96. The molecule has 0 fully saturated rings. The fourth-order valence-electron chi connectivity index (χ4n) is 1.63. The van der Waals surface area contributed by atoms with E-state index in [0.29, 0.717) is 18.1 Å². The summed E-state index contributed by atoms with van der Waals surface area (Å²) in [6.45, 7) is 0.542. The molecule has 1 aromatic heterocycles. The SMILES string of the molecule is COCOc1ccc(-c2csc(NC(=O)CCN)n2)cc1. The Kier molecular flexibility index (Phi) is 5.68. The van der Waals surface area contributed by atoms with E-state index in [2.05, 4.69) is 10.3 Å². The molecule has 0 saturated carbocycles. The molecule has 0 radical (unpaired) electrons. The predicted octanol–water partition coefficient (Wildman–Crippen LogP) is 2.08. The molecule has 0 saturated heterocycles. The van der Waals surface area contributed by atoms with Crippen molar-refractivity contribution >= 4 is 22.4 Å². The van der Waals surface area contributed by atoms with Crippen LogP contribution in [0.4, 0.5) is 5.13 Å². The first kappa shape index (κ1) is 15.4. The van der Waals surface area contributed by atoms with E-state index in [4.69, 9.17) is 15.2 Å². The van der Waals surface area contributed by atoms with Gasteiger partial charge >= 0.3 is 0 Å². The molecule has 21 heavy (non-hydrogen) atoms. The molecule has 7 heteroatoms. The van der Waals surface area contributed by atoms with Crippen molar-refractivity contribution in [2.24, 2.45) is 5.73 Å². The Labute approximate surface area is 126 Å². The third-order valence-corrected chi connectivity index (χ3v) is 3.37. The molecule has 0 bridgehead atoms. The number of nitrogens with zero attached hydrogens (tertiary/aromatic N) is 1. The van der Waals surface area contributed by atoms with E-state index in [0.717, 1.165) is 17.0 Å². The summed E-state index contributed by atoms with van der Waals surface area (Å²) in [6, 6.07) is 7.51.